The molecule has 0 aliphatic heterocycles. The van der Waals surface area contributed by atoms with Crippen molar-refractivity contribution in [1.29, 1.82) is 0 Å². The van der Waals surface area contributed by atoms with E-state index in [-0.39, 0.29) is 0 Å². The lowest BCUT2D eigenvalue weighted by Gasteiger charge is -2.09. The summed E-state index contributed by atoms with van der Waals surface area (Å²) in [5, 5.41) is 4.14. The second-order valence-corrected chi connectivity index (χ2v) is 5.94. The van der Waals surface area contributed by atoms with Crippen LogP contribution in [0, 0.1) is 0 Å². The van der Waals surface area contributed by atoms with Crippen molar-refractivity contribution in [3.05, 3.63) is 30.4 Å². The molecule has 0 bridgehead atoms. The van der Waals surface area contributed by atoms with Gasteiger partial charge in [-0.3, -0.25) is 4.21 Å². The van der Waals surface area contributed by atoms with Crippen molar-refractivity contribution < 1.29 is 8.95 Å². The minimum Gasteiger partial charge on any atom is -0.494 e. The van der Waals surface area contributed by atoms with E-state index in [1.807, 2.05) is 6.92 Å². The zero-order valence-corrected chi connectivity index (χ0v) is 13.1. The van der Waals surface area contributed by atoms with E-state index in [2.05, 4.69) is 17.0 Å². The highest BCUT2D eigenvalue weighted by Gasteiger charge is 2.14. The van der Waals surface area contributed by atoms with E-state index in [4.69, 9.17) is 10.5 Å². The number of ether oxygens (including phenoxy) is 1. The van der Waals surface area contributed by atoms with Gasteiger partial charge in [-0.2, -0.15) is 5.10 Å². The van der Waals surface area contributed by atoms with Crippen molar-refractivity contribution in [2.45, 2.75) is 37.5 Å². The van der Waals surface area contributed by atoms with Gasteiger partial charge in [-0.15, -0.1) is 0 Å². The summed E-state index contributed by atoms with van der Waals surface area (Å²) in [7, 11) is -1.28. The normalized spacial score (nSPS) is 12.3. The Morgan fingerprint density at radius 2 is 2.19 bits per heavy atom. The number of hydrogen-bond acceptors (Lipinski definition) is 5. The summed E-state index contributed by atoms with van der Waals surface area (Å²) in [5.41, 5.74) is 6.42. The van der Waals surface area contributed by atoms with Crippen LogP contribution in [0.1, 0.15) is 26.1 Å². The molecule has 0 fully saturated rings. The van der Waals surface area contributed by atoms with Crippen LogP contribution in [-0.4, -0.2) is 25.6 Å². The molecule has 0 aliphatic carbocycles. The van der Waals surface area contributed by atoms with Gasteiger partial charge in [0.25, 0.3) is 0 Å². The monoisotopic (exact) mass is 308 g/mol. The smallest absolute Gasteiger partial charge is 0.139 e. The molecule has 1 aromatic carbocycles. The Kier molecular flexibility index (Phi) is 5.32. The van der Waals surface area contributed by atoms with Gasteiger partial charge < -0.3 is 10.5 Å². The fourth-order valence-corrected chi connectivity index (χ4v) is 3.15. The van der Waals surface area contributed by atoms with E-state index >= 15 is 0 Å². The third-order valence-electron chi connectivity index (χ3n) is 2.93. The average molecular weight is 308 g/mol. The number of rotatable bonds is 7. The zero-order chi connectivity index (χ0) is 15.2. The predicted molar refractivity (Wildman–Crippen MR) is 82.4 cm³/mol. The van der Waals surface area contributed by atoms with E-state index in [9.17, 15) is 4.21 Å². The van der Waals surface area contributed by atoms with Crippen LogP contribution in [0.15, 0.2) is 29.4 Å². The summed E-state index contributed by atoms with van der Waals surface area (Å²) < 4.78 is 19.7. The summed E-state index contributed by atoms with van der Waals surface area (Å²) in [6, 6.07) is 5.23. The highest BCUT2D eigenvalue weighted by Crippen LogP contribution is 2.24. The van der Waals surface area contributed by atoms with Crippen LogP contribution in [0.25, 0.3) is 0 Å². The van der Waals surface area contributed by atoms with Crippen molar-refractivity contribution in [2.75, 3.05) is 12.3 Å². The molecule has 0 saturated heterocycles. The largest absolute Gasteiger partial charge is 0.494 e. The maximum atomic E-state index is 12.5. The van der Waals surface area contributed by atoms with Crippen LogP contribution in [0.4, 0.5) is 5.69 Å². The van der Waals surface area contributed by atoms with Crippen LogP contribution in [0.2, 0.25) is 0 Å². The molecule has 0 aliphatic rings. The molecule has 1 atom stereocenters. The molecule has 1 aromatic heterocycles. The lowest BCUT2D eigenvalue weighted by Crippen LogP contribution is -2.09. The van der Waals surface area contributed by atoms with Crippen LogP contribution < -0.4 is 10.5 Å². The highest BCUT2D eigenvalue weighted by atomic mass is 32.2. The topological polar surface area (TPSA) is 83.0 Å². The molecule has 21 heavy (non-hydrogen) atoms. The van der Waals surface area contributed by atoms with Crippen molar-refractivity contribution in [3.63, 3.8) is 0 Å². The number of nitrogen functional groups attached to an aromatic ring is 1. The molecule has 2 aromatic rings. The summed E-state index contributed by atoms with van der Waals surface area (Å²) in [6.07, 6.45) is 2.44. The second kappa shape index (κ2) is 7.21. The van der Waals surface area contributed by atoms with Crippen LogP contribution in [-0.2, 0) is 23.1 Å². The fourth-order valence-electron chi connectivity index (χ4n) is 1.96. The summed E-state index contributed by atoms with van der Waals surface area (Å²) in [4.78, 5) is 4.75. The van der Waals surface area contributed by atoms with Gasteiger partial charge in [0.05, 0.1) is 28.1 Å². The first-order valence-corrected chi connectivity index (χ1v) is 8.25. The molecule has 2 N–H and O–H groups in total. The van der Waals surface area contributed by atoms with Gasteiger partial charge in [0.2, 0.25) is 0 Å². The Balaban J connectivity index is 2.19. The van der Waals surface area contributed by atoms with E-state index < -0.39 is 10.8 Å². The first-order chi connectivity index (χ1) is 10.2. The molecule has 1 heterocycles. The van der Waals surface area contributed by atoms with Crippen LogP contribution >= 0.6 is 0 Å². The minimum absolute atomic E-state index is 0.291. The number of nitrogens with zero attached hydrogens (tertiary/aromatic N) is 3. The van der Waals surface area contributed by atoms with Crippen molar-refractivity contribution in [3.8, 4) is 5.75 Å². The first-order valence-electron chi connectivity index (χ1n) is 6.93. The van der Waals surface area contributed by atoms with Crippen LogP contribution in [0.3, 0.4) is 0 Å². The third-order valence-corrected chi connectivity index (χ3v) is 4.30. The van der Waals surface area contributed by atoms with Gasteiger partial charge >= 0.3 is 0 Å². The van der Waals surface area contributed by atoms with E-state index in [0.29, 0.717) is 34.5 Å². The SMILES string of the molecule is CCCn1ncnc1CS(=O)c1cc(OCC)ccc1N. The van der Waals surface area contributed by atoms with Gasteiger partial charge in [-0.1, -0.05) is 6.92 Å². The van der Waals surface area contributed by atoms with Gasteiger partial charge in [0, 0.05) is 12.2 Å². The molecule has 0 spiro atoms. The minimum atomic E-state index is -1.28. The Hall–Kier alpha value is -1.89. The highest BCUT2D eigenvalue weighted by molar-refractivity contribution is 7.84. The summed E-state index contributed by atoms with van der Waals surface area (Å²) in [6.45, 7) is 5.29. The molecule has 114 valence electrons. The molecular weight excluding hydrogens is 288 g/mol. The van der Waals surface area contributed by atoms with E-state index in [0.717, 1.165) is 13.0 Å². The number of anilines is 1. The number of aromatic nitrogens is 3. The van der Waals surface area contributed by atoms with Gasteiger partial charge in [-0.05, 0) is 31.5 Å². The first kappa shape index (κ1) is 15.5. The molecule has 1 unspecified atom stereocenters. The molecule has 0 saturated carbocycles. The molecule has 2 rings (SSSR count). The Bertz CT molecular complexity index is 627. The standard InChI is InChI=1S/C14H20N4O2S/c1-3-7-18-14(16-10-17-18)9-21(19)13-8-11(20-4-2)5-6-12(13)15/h5-6,8,10H,3-4,7,9,15H2,1-2H3. The van der Waals surface area contributed by atoms with Crippen molar-refractivity contribution in [1.82, 2.24) is 14.8 Å². The predicted octanol–water partition coefficient (Wildman–Crippen LogP) is 1.98. The molecule has 0 amide bonds. The Morgan fingerprint density at radius 3 is 2.90 bits per heavy atom. The molecule has 6 nitrogen and oxygen atoms in total. The number of hydrogen-bond donors (Lipinski definition) is 1. The fraction of sp³-hybridized carbons (Fsp3) is 0.429. The molecule has 0 radical (unpaired) electrons. The van der Waals surface area contributed by atoms with Crippen LogP contribution in [0.5, 0.6) is 5.75 Å². The summed E-state index contributed by atoms with van der Waals surface area (Å²) >= 11 is 0. The lowest BCUT2D eigenvalue weighted by molar-refractivity contribution is 0.339. The van der Waals surface area contributed by atoms with Gasteiger partial charge in [0.1, 0.15) is 17.9 Å². The van der Waals surface area contributed by atoms with Crippen molar-refractivity contribution in [2.24, 2.45) is 0 Å². The molecular formula is C14H20N4O2S. The van der Waals surface area contributed by atoms with E-state index in [1.54, 1.807) is 22.9 Å². The lowest BCUT2D eigenvalue weighted by atomic mass is 10.3. The third kappa shape index (κ3) is 3.81. The summed E-state index contributed by atoms with van der Waals surface area (Å²) in [5.74, 6) is 1.67. The van der Waals surface area contributed by atoms with Gasteiger partial charge in [0.15, 0.2) is 0 Å². The van der Waals surface area contributed by atoms with Gasteiger partial charge in [-0.25, -0.2) is 9.67 Å². The second-order valence-electron chi connectivity index (χ2n) is 4.52. The van der Waals surface area contributed by atoms with E-state index in [1.165, 1.54) is 6.33 Å². The Morgan fingerprint density at radius 1 is 1.38 bits per heavy atom. The average Bonchev–Trinajstić information content (AvgIpc) is 2.89. The maximum Gasteiger partial charge on any atom is 0.139 e. The quantitative estimate of drug-likeness (QED) is 0.791. The van der Waals surface area contributed by atoms with Crippen molar-refractivity contribution >= 4 is 16.5 Å². The molecule has 7 heteroatoms. The zero-order valence-electron chi connectivity index (χ0n) is 12.3. The number of aryl methyl sites for hydroxylation is 1. The Labute approximate surface area is 126 Å². The number of nitrogens with two attached hydrogens (primary N) is 1. The number of benzene rings is 1. The maximum absolute atomic E-state index is 12.5.